The van der Waals surface area contributed by atoms with Crippen LogP contribution in [0, 0.1) is 5.82 Å². The van der Waals surface area contributed by atoms with E-state index < -0.39 is 30.1 Å². The van der Waals surface area contributed by atoms with Crippen molar-refractivity contribution in [2.75, 3.05) is 0 Å². The minimum atomic E-state index is -4.56. The first-order chi connectivity index (χ1) is 16.7. The van der Waals surface area contributed by atoms with Crippen molar-refractivity contribution >= 4 is 28.8 Å². The zero-order valence-corrected chi connectivity index (χ0v) is 18.9. The highest BCUT2D eigenvalue weighted by Crippen LogP contribution is 2.41. The van der Waals surface area contributed by atoms with Gasteiger partial charge < -0.3 is 9.67 Å². The molecule has 0 amide bonds. The van der Waals surface area contributed by atoms with Gasteiger partial charge in [-0.15, -0.1) is 0 Å². The van der Waals surface area contributed by atoms with Crippen molar-refractivity contribution in [2.24, 2.45) is 0 Å². The average Bonchev–Trinajstić information content (AvgIpc) is 3.59. The van der Waals surface area contributed by atoms with Gasteiger partial charge in [-0.05, 0) is 47.7 Å². The SMILES string of the molecule is O=C(O)Cc1cc(CSc2ncc3c(n2)c(-c2ccnc(C(F)(F)F)c2)cn3C2CC2)ccc1F. The number of nitrogens with zero attached hydrogens (tertiary/aromatic N) is 4. The number of thioether (sulfide) groups is 1. The fourth-order valence-electron chi connectivity index (χ4n) is 3.87. The summed E-state index contributed by atoms with van der Waals surface area (Å²) in [6.45, 7) is 0. The molecule has 180 valence electrons. The first kappa shape index (κ1) is 23.3. The van der Waals surface area contributed by atoms with Crippen LogP contribution in [0.5, 0.6) is 0 Å². The van der Waals surface area contributed by atoms with Crippen LogP contribution in [0.2, 0.25) is 0 Å². The molecule has 1 fully saturated rings. The fourth-order valence-corrected chi connectivity index (χ4v) is 4.63. The summed E-state index contributed by atoms with van der Waals surface area (Å²) >= 11 is 1.27. The lowest BCUT2D eigenvalue weighted by Crippen LogP contribution is -2.07. The van der Waals surface area contributed by atoms with Crippen LogP contribution in [0.15, 0.2) is 54.1 Å². The van der Waals surface area contributed by atoms with E-state index in [-0.39, 0.29) is 11.6 Å². The van der Waals surface area contributed by atoms with E-state index in [0.717, 1.165) is 30.6 Å². The van der Waals surface area contributed by atoms with Crippen LogP contribution in [0.4, 0.5) is 17.6 Å². The smallest absolute Gasteiger partial charge is 0.433 e. The molecule has 11 heteroatoms. The van der Waals surface area contributed by atoms with Crippen molar-refractivity contribution in [3.8, 4) is 11.1 Å². The molecule has 3 heterocycles. The zero-order chi connectivity index (χ0) is 24.7. The quantitative estimate of drug-likeness (QED) is 0.192. The minimum Gasteiger partial charge on any atom is -0.481 e. The van der Waals surface area contributed by atoms with Crippen molar-refractivity contribution in [1.82, 2.24) is 19.5 Å². The molecule has 5 rings (SSSR count). The zero-order valence-electron chi connectivity index (χ0n) is 18.1. The second kappa shape index (κ2) is 8.95. The van der Waals surface area contributed by atoms with Gasteiger partial charge in [0.15, 0.2) is 5.16 Å². The van der Waals surface area contributed by atoms with Crippen LogP contribution in [-0.2, 0) is 23.1 Å². The monoisotopic (exact) mass is 502 g/mol. The summed E-state index contributed by atoms with van der Waals surface area (Å²) in [5, 5.41) is 9.36. The van der Waals surface area contributed by atoms with Crippen LogP contribution >= 0.6 is 11.8 Å². The van der Waals surface area contributed by atoms with Gasteiger partial charge in [-0.2, -0.15) is 13.2 Å². The lowest BCUT2D eigenvalue weighted by atomic mass is 10.1. The van der Waals surface area contributed by atoms with E-state index in [2.05, 4.69) is 15.0 Å². The minimum absolute atomic E-state index is 0.0916. The first-order valence-electron chi connectivity index (χ1n) is 10.7. The largest absolute Gasteiger partial charge is 0.481 e. The number of benzene rings is 1. The highest BCUT2D eigenvalue weighted by atomic mass is 32.2. The second-order valence-corrected chi connectivity index (χ2v) is 9.22. The Bertz CT molecular complexity index is 1430. The van der Waals surface area contributed by atoms with Crippen molar-refractivity contribution in [3.63, 3.8) is 0 Å². The van der Waals surface area contributed by atoms with E-state index in [1.165, 1.54) is 30.0 Å². The third-order valence-electron chi connectivity index (χ3n) is 5.67. The van der Waals surface area contributed by atoms with E-state index in [9.17, 15) is 22.4 Å². The molecule has 0 bridgehead atoms. The second-order valence-electron chi connectivity index (χ2n) is 8.28. The maximum Gasteiger partial charge on any atom is 0.433 e. The number of carboxylic acid groups (broad SMARTS) is 1. The van der Waals surface area contributed by atoms with Crippen LogP contribution in [-0.4, -0.2) is 30.6 Å². The van der Waals surface area contributed by atoms with E-state index in [1.807, 2.05) is 10.8 Å². The Labute approximate surface area is 201 Å². The normalized spacial score (nSPS) is 13.9. The molecule has 0 spiro atoms. The molecule has 1 aliphatic carbocycles. The number of fused-ring (bicyclic) bond motifs is 1. The Balaban J connectivity index is 1.48. The average molecular weight is 502 g/mol. The number of aliphatic carboxylic acids is 1. The van der Waals surface area contributed by atoms with Gasteiger partial charge in [0.2, 0.25) is 0 Å². The van der Waals surface area contributed by atoms with Crippen LogP contribution in [0.1, 0.15) is 35.7 Å². The summed E-state index contributed by atoms with van der Waals surface area (Å²) in [6, 6.07) is 7.11. The standard InChI is InChI=1S/C24H18F4N4O2S/c25-18-4-1-13(7-15(18)9-21(33)34)12-35-23-30-10-19-22(31-23)17(11-32(19)16-2-3-16)14-5-6-29-20(8-14)24(26,27)28/h1,4-8,10-11,16H,2-3,9,12H2,(H,33,34). The lowest BCUT2D eigenvalue weighted by molar-refractivity contribution is -0.141. The number of halogens is 4. The number of hydrogen-bond acceptors (Lipinski definition) is 5. The van der Waals surface area contributed by atoms with Crippen molar-refractivity contribution in [3.05, 3.63) is 71.6 Å². The number of pyridine rings is 1. The van der Waals surface area contributed by atoms with Crippen molar-refractivity contribution in [1.29, 1.82) is 0 Å². The molecule has 0 saturated heterocycles. The van der Waals surface area contributed by atoms with Gasteiger partial charge in [0, 0.05) is 29.8 Å². The Kier molecular flexibility index (Phi) is 5.96. The third kappa shape index (κ3) is 5.00. The number of aromatic nitrogens is 4. The molecule has 1 N–H and O–H groups in total. The van der Waals surface area contributed by atoms with E-state index in [4.69, 9.17) is 5.11 Å². The topological polar surface area (TPSA) is 80.9 Å². The maximum atomic E-state index is 13.9. The Morgan fingerprint density at radius 1 is 1.17 bits per heavy atom. The predicted molar refractivity (Wildman–Crippen MR) is 121 cm³/mol. The lowest BCUT2D eigenvalue weighted by Gasteiger charge is -2.07. The Morgan fingerprint density at radius 3 is 2.69 bits per heavy atom. The van der Waals surface area contributed by atoms with E-state index in [0.29, 0.717) is 33.1 Å². The molecule has 0 unspecified atom stereocenters. The number of carboxylic acids is 1. The van der Waals surface area contributed by atoms with Gasteiger partial charge in [-0.3, -0.25) is 9.78 Å². The van der Waals surface area contributed by atoms with Crippen molar-refractivity contribution < 1.29 is 27.5 Å². The molecule has 1 aromatic carbocycles. The van der Waals surface area contributed by atoms with Crippen LogP contribution in [0.25, 0.3) is 22.2 Å². The molecule has 0 radical (unpaired) electrons. The van der Waals surface area contributed by atoms with E-state index in [1.54, 1.807) is 12.3 Å². The van der Waals surface area contributed by atoms with Gasteiger partial charge in [0.05, 0.1) is 18.1 Å². The fraction of sp³-hybridized carbons (Fsp3) is 0.250. The highest BCUT2D eigenvalue weighted by molar-refractivity contribution is 7.98. The van der Waals surface area contributed by atoms with Gasteiger partial charge >= 0.3 is 12.1 Å². The molecule has 1 saturated carbocycles. The maximum absolute atomic E-state index is 13.9. The Hall–Kier alpha value is -3.47. The van der Waals surface area contributed by atoms with Crippen LogP contribution in [0.3, 0.4) is 0 Å². The highest BCUT2D eigenvalue weighted by Gasteiger charge is 2.33. The number of hydrogen-bond donors (Lipinski definition) is 1. The molecular formula is C24H18F4N4O2S. The molecular weight excluding hydrogens is 484 g/mol. The van der Waals surface area contributed by atoms with E-state index >= 15 is 0 Å². The van der Waals surface area contributed by atoms with Gasteiger partial charge in [-0.1, -0.05) is 23.9 Å². The first-order valence-corrected chi connectivity index (χ1v) is 11.7. The third-order valence-corrected chi connectivity index (χ3v) is 6.60. The summed E-state index contributed by atoms with van der Waals surface area (Å²) in [4.78, 5) is 23.5. The molecule has 6 nitrogen and oxygen atoms in total. The van der Waals surface area contributed by atoms with Gasteiger partial charge in [0.25, 0.3) is 0 Å². The molecule has 0 atom stereocenters. The van der Waals surface area contributed by atoms with Crippen molar-refractivity contribution in [2.45, 2.75) is 42.4 Å². The summed E-state index contributed by atoms with van der Waals surface area (Å²) < 4.78 is 55.6. The summed E-state index contributed by atoms with van der Waals surface area (Å²) in [7, 11) is 0. The molecule has 1 aliphatic rings. The number of rotatable bonds is 7. The number of alkyl halides is 3. The summed E-state index contributed by atoms with van der Waals surface area (Å²) in [5.74, 6) is -1.34. The molecule has 3 aromatic heterocycles. The molecule has 4 aromatic rings. The number of carbonyl (C=O) groups is 1. The van der Waals surface area contributed by atoms with Gasteiger partial charge in [0.1, 0.15) is 17.0 Å². The Morgan fingerprint density at radius 2 is 1.97 bits per heavy atom. The predicted octanol–water partition coefficient (Wildman–Crippen LogP) is 5.91. The summed E-state index contributed by atoms with van der Waals surface area (Å²) in [6.07, 6.45) is 1.60. The molecule has 35 heavy (non-hydrogen) atoms. The van der Waals surface area contributed by atoms with Crippen LogP contribution < -0.4 is 0 Å². The van der Waals surface area contributed by atoms with Gasteiger partial charge in [-0.25, -0.2) is 14.4 Å². The summed E-state index contributed by atoms with van der Waals surface area (Å²) in [5.41, 5.74) is 2.03. The molecule has 0 aliphatic heterocycles.